The summed E-state index contributed by atoms with van der Waals surface area (Å²) in [6.45, 7) is 1.95. The molecule has 2 N–H and O–H groups in total. The number of pyridine rings is 1. The Labute approximate surface area is 149 Å². The standard InChI is InChI=1S/C18H16ClN3OS/c1-12-15(19)5-2-6-16(12)22-17-8-7-13(11-20-17)21-18(23)10-14-4-3-9-24-14/h2-9,11H,10H2,1H3,(H,20,22)(H,21,23). The van der Waals surface area contributed by atoms with Crippen molar-refractivity contribution in [3.8, 4) is 0 Å². The fourth-order valence-electron chi connectivity index (χ4n) is 2.20. The summed E-state index contributed by atoms with van der Waals surface area (Å²) >= 11 is 7.68. The van der Waals surface area contributed by atoms with Gasteiger partial charge in [-0.2, -0.15) is 0 Å². The minimum absolute atomic E-state index is 0.0503. The Bertz CT molecular complexity index is 832. The van der Waals surface area contributed by atoms with Crippen LogP contribution in [-0.2, 0) is 11.2 Å². The highest BCUT2D eigenvalue weighted by Crippen LogP contribution is 2.25. The number of hydrogen-bond acceptors (Lipinski definition) is 4. The highest BCUT2D eigenvalue weighted by molar-refractivity contribution is 7.10. The van der Waals surface area contributed by atoms with Gasteiger partial charge in [0.15, 0.2) is 0 Å². The second kappa shape index (κ2) is 7.47. The number of aromatic nitrogens is 1. The molecule has 0 unspecified atom stereocenters. The number of nitrogens with one attached hydrogen (secondary N) is 2. The quantitative estimate of drug-likeness (QED) is 0.673. The first-order valence-electron chi connectivity index (χ1n) is 7.42. The van der Waals surface area contributed by atoms with Gasteiger partial charge < -0.3 is 10.6 Å². The maximum absolute atomic E-state index is 12.0. The van der Waals surface area contributed by atoms with Crippen molar-refractivity contribution < 1.29 is 4.79 Å². The van der Waals surface area contributed by atoms with Gasteiger partial charge >= 0.3 is 0 Å². The van der Waals surface area contributed by atoms with Crippen molar-refractivity contribution in [3.63, 3.8) is 0 Å². The molecule has 3 aromatic rings. The van der Waals surface area contributed by atoms with Gasteiger partial charge in [0.05, 0.1) is 18.3 Å². The molecule has 4 nitrogen and oxygen atoms in total. The first kappa shape index (κ1) is 16.5. The zero-order chi connectivity index (χ0) is 16.9. The largest absolute Gasteiger partial charge is 0.340 e. The van der Waals surface area contributed by atoms with Crippen LogP contribution >= 0.6 is 22.9 Å². The van der Waals surface area contributed by atoms with Crippen LogP contribution < -0.4 is 10.6 Å². The van der Waals surface area contributed by atoms with Crippen molar-refractivity contribution >= 4 is 46.0 Å². The molecular weight excluding hydrogens is 342 g/mol. The third kappa shape index (κ3) is 4.13. The Morgan fingerprint density at radius 3 is 2.79 bits per heavy atom. The second-order valence-corrected chi connectivity index (χ2v) is 6.71. The van der Waals surface area contributed by atoms with Crippen molar-refractivity contribution in [2.45, 2.75) is 13.3 Å². The van der Waals surface area contributed by atoms with E-state index in [2.05, 4.69) is 15.6 Å². The lowest BCUT2D eigenvalue weighted by atomic mass is 10.2. The lowest BCUT2D eigenvalue weighted by Gasteiger charge is -2.10. The summed E-state index contributed by atoms with van der Waals surface area (Å²) in [5.41, 5.74) is 2.55. The number of hydrogen-bond donors (Lipinski definition) is 2. The molecular formula is C18H16ClN3OS. The van der Waals surface area contributed by atoms with Gasteiger partial charge in [-0.25, -0.2) is 4.98 Å². The van der Waals surface area contributed by atoms with E-state index in [1.165, 1.54) is 0 Å². The topological polar surface area (TPSA) is 54.0 Å². The van der Waals surface area contributed by atoms with Gasteiger partial charge in [0.2, 0.25) is 5.91 Å². The first-order chi connectivity index (χ1) is 11.6. The van der Waals surface area contributed by atoms with E-state index in [4.69, 9.17) is 11.6 Å². The maximum atomic E-state index is 12.0. The summed E-state index contributed by atoms with van der Waals surface area (Å²) in [7, 11) is 0. The van der Waals surface area contributed by atoms with E-state index in [9.17, 15) is 4.79 Å². The Balaban J connectivity index is 1.63. The van der Waals surface area contributed by atoms with E-state index in [1.54, 1.807) is 17.5 Å². The average Bonchev–Trinajstić information content (AvgIpc) is 3.06. The number of amides is 1. The third-order valence-corrected chi connectivity index (χ3v) is 4.78. The Morgan fingerprint density at radius 1 is 1.21 bits per heavy atom. The Hall–Kier alpha value is -2.37. The minimum atomic E-state index is -0.0503. The summed E-state index contributed by atoms with van der Waals surface area (Å²) in [5.74, 6) is 0.641. The second-order valence-electron chi connectivity index (χ2n) is 5.27. The fourth-order valence-corrected chi connectivity index (χ4v) is 3.08. The molecule has 0 spiro atoms. The molecule has 1 aromatic carbocycles. The van der Waals surface area contributed by atoms with Crippen molar-refractivity contribution in [3.05, 3.63) is 69.5 Å². The summed E-state index contributed by atoms with van der Waals surface area (Å²) in [4.78, 5) is 17.3. The van der Waals surface area contributed by atoms with Crippen LogP contribution in [0.15, 0.2) is 54.0 Å². The number of nitrogens with zero attached hydrogens (tertiary/aromatic N) is 1. The monoisotopic (exact) mass is 357 g/mol. The van der Waals surface area contributed by atoms with E-state index >= 15 is 0 Å². The number of thiophene rings is 1. The average molecular weight is 358 g/mol. The van der Waals surface area contributed by atoms with Crippen LogP contribution in [0.25, 0.3) is 0 Å². The number of rotatable bonds is 5. The lowest BCUT2D eigenvalue weighted by molar-refractivity contribution is -0.115. The van der Waals surface area contributed by atoms with Gasteiger partial charge in [0.1, 0.15) is 5.82 Å². The van der Waals surface area contributed by atoms with E-state index in [0.717, 1.165) is 16.1 Å². The highest BCUT2D eigenvalue weighted by atomic mass is 35.5. The molecule has 0 aliphatic rings. The van der Waals surface area contributed by atoms with Crippen molar-refractivity contribution in [2.24, 2.45) is 0 Å². The normalized spacial score (nSPS) is 10.4. The summed E-state index contributed by atoms with van der Waals surface area (Å²) in [6, 6.07) is 13.2. The molecule has 0 radical (unpaired) electrons. The first-order valence-corrected chi connectivity index (χ1v) is 8.68. The number of anilines is 3. The fraction of sp³-hybridized carbons (Fsp3) is 0.111. The lowest BCUT2D eigenvalue weighted by Crippen LogP contribution is -2.13. The molecule has 1 amide bonds. The van der Waals surface area contributed by atoms with E-state index < -0.39 is 0 Å². The van der Waals surface area contributed by atoms with Gasteiger partial charge in [0, 0.05) is 15.6 Å². The highest BCUT2D eigenvalue weighted by Gasteiger charge is 2.06. The number of halogens is 1. The molecule has 0 aliphatic carbocycles. The predicted molar refractivity (Wildman–Crippen MR) is 100 cm³/mol. The van der Waals surface area contributed by atoms with Crippen LogP contribution in [0, 0.1) is 6.92 Å². The van der Waals surface area contributed by atoms with Crippen LogP contribution in [0.5, 0.6) is 0 Å². The van der Waals surface area contributed by atoms with Gasteiger partial charge in [-0.3, -0.25) is 4.79 Å². The van der Waals surface area contributed by atoms with E-state index in [-0.39, 0.29) is 5.91 Å². The number of carbonyl (C=O) groups is 1. The van der Waals surface area contributed by atoms with Crippen molar-refractivity contribution in [1.29, 1.82) is 0 Å². The molecule has 0 aliphatic heterocycles. The van der Waals surface area contributed by atoms with Gasteiger partial charge in [-0.05, 0) is 48.2 Å². The zero-order valence-electron chi connectivity index (χ0n) is 13.0. The Morgan fingerprint density at radius 2 is 2.08 bits per heavy atom. The molecule has 24 heavy (non-hydrogen) atoms. The zero-order valence-corrected chi connectivity index (χ0v) is 14.6. The van der Waals surface area contributed by atoms with Gasteiger partial charge in [0.25, 0.3) is 0 Å². The molecule has 0 atom stereocenters. The van der Waals surface area contributed by atoms with Gasteiger partial charge in [-0.1, -0.05) is 23.7 Å². The molecule has 2 aromatic heterocycles. The smallest absolute Gasteiger partial charge is 0.229 e. The van der Waals surface area contributed by atoms with Crippen LogP contribution in [0.3, 0.4) is 0 Å². The molecule has 0 bridgehead atoms. The van der Waals surface area contributed by atoms with E-state index in [0.29, 0.717) is 22.9 Å². The van der Waals surface area contributed by atoms with Gasteiger partial charge in [-0.15, -0.1) is 11.3 Å². The molecule has 2 heterocycles. The molecule has 3 rings (SSSR count). The maximum Gasteiger partial charge on any atom is 0.229 e. The molecule has 0 saturated carbocycles. The minimum Gasteiger partial charge on any atom is -0.340 e. The van der Waals surface area contributed by atoms with Crippen LogP contribution in [0.1, 0.15) is 10.4 Å². The molecule has 0 fully saturated rings. The third-order valence-electron chi connectivity index (χ3n) is 3.49. The van der Waals surface area contributed by atoms with Crippen LogP contribution in [0.2, 0.25) is 5.02 Å². The predicted octanol–water partition coefficient (Wildman–Crippen LogP) is 5.03. The van der Waals surface area contributed by atoms with Crippen LogP contribution in [-0.4, -0.2) is 10.9 Å². The Kier molecular flexibility index (Phi) is 5.13. The summed E-state index contributed by atoms with van der Waals surface area (Å²) in [5, 5.41) is 8.74. The van der Waals surface area contributed by atoms with Crippen molar-refractivity contribution in [2.75, 3.05) is 10.6 Å². The summed E-state index contributed by atoms with van der Waals surface area (Å²) in [6.07, 6.45) is 2.01. The molecule has 0 saturated heterocycles. The van der Waals surface area contributed by atoms with Crippen molar-refractivity contribution in [1.82, 2.24) is 4.98 Å². The van der Waals surface area contributed by atoms with Crippen LogP contribution in [0.4, 0.5) is 17.2 Å². The SMILES string of the molecule is Cc1c(Cl)cccc1Nc1ccc(NC(=O)Cc2cccs2)cn1. The molecule has 6 heteroatoms. The number of carbonyl (C=O) groups excluding carboxylic acids is 1. The number of benzene rings is 1. The van der Waals surface area contributed by atoms with E-state index in [1.807, 2.05) is 54.8 Å². The summed E-state index contributed by atoms with van der Waals surface area (Å²) < 4.78 is 0. The molecule has 122 valence electrons.